The molecule has 0 saturated heterocycles. The third-order valence-corrected chi connectivity index (χ3v) is 3.90. The number of carbonyl (C=O) groups is 2. The van der Waals surface area contributed by atoms with E-state index >= 15 is 0 Å². The number of rotatable bonds is 3. The molecule has 0 bridgehead atoms. The molecule has 1 aromatic carbocycles. The number of allylic oxidation sites excluding steroid dienone is 2. The van der Waals surface area contributed by atoms with Crippen molar-refractivity contribution in [2.45, 2.75) is 6.54 Å². The van der Waals surface area contributed by atoms with E-state index in [-0.39, 0.29) is 11.6 Å². The van der Waals surface area contributed by atoms with Gasteiger partial charge in [-0.3, -0.25) is 9.59 Å². The van der Waals surface area contributed by atoms with Gasteiger partial charge in [0.25, 0.3) is 0 Å². The van der Waals surface area contributed by atoms with E-state index in [2.05, 4.69) is 5.32 Å². The Balaban J connectivity index is 1.79. The summed E-state index contributed by atoms with van der Waals surface area (Å²) in [5, 5.41) is 4.82. The molecule has 3 nitrogen and oxygen atoms in total. The first-order valence-corrected chi connectivity index (χ1v) is 6.79. The lowest BCUT2D eigenvalue weighted by Crippen LogP contribution is -2.25. The van der Waals surface area contributed by atoms with Crippen LogP contribution in [0.1, 0.15) is 25.6 Å². The lowest BCUT2D eigenvalue weighted by Gasteiger charge is -2.13. The predicted octanol–water partition coefficient (Wildman–Crippen LogP) is 2.80. The third kappa shape index (κ3) is 2.22. The smallest absolute Gasteiger partial charge is 0.219 e. The summed E-state index contributed by atoms with van der Waals surface area (Å²) in [6, 6.07) is 11.5. The molecule has 0 saturated carbocycles. The molecule has 0 aliphatic heterocycles. The van der Waals surface area contributed by atoms with Gasteiger partial charge in [-0.25, -0.2) is 0 Å². The van der Waals surface area contributed by atoms with Crippen LogP contribution in [-0.4, -0.2) is 11.6 Å². The molecule has 1 aromatic heterocycles. The first-order valence-electron chi connectivity index (χ1n) is 5.92. The fourth-order valence-electron chi connectivity index (χ4n) is 2.00. The van der Waals surface area contributed by atoms with Gasteiger partial charge in [-0.05, 0) is 17.0 Å². The van der Waals surface area contributed by atoms with E-state index in [4.69, 9.17) is 0 Å². The summed E-state index contributed by atoms with van der Waals surface area (Å²) in [6.07, 6.45) is 1.39. The predicted molar refractivity (Wildman–Crippen MR) is 74.3 cm³/mol. The van der Waals surface area contributed by atoms with E-state index in [9.17, 15) is 9.59 Å². The van der Waals surface area contributed by atoms with E-state index in [1.165, 1.54) is 17.4 Å². The number of carbonyl (C=O) groups excluding carboxylic acids is 2. The molecule has 0 spiro atoms. The quantitative estimate of drug-likeness (QED) is 0.932. The summed E-state index contributed by atoms with van der Waals surface area (Å²) in [7, 11) is 0. The van der Waals surface area contributed by atoms with Gasteiger partial charge in [0.2, 0.25) is 5.78 Å². The Morgan fingerprint density at radius 1 is 1.05 bits per heavy atom. The average molecular weight is 269 g/mol. The molecule has 19 heavy (non-hydrogen) atoms. The Labute approximate surface area is 114 Å². The largest absolute Gasteiger partial charge is 0.378 e. The summed E-state index contributed by atoms with van der Waals surface area (Å²) >= 11 is 1.31. The van der Waals surface area contributed by atoms with Crippen molar-refractivity contribution in [1.82, 2.24) is 5.32 Å². The molecule has 0 amide bonds. The van der Waals surface area contributed by atoms with Crippen LogP contribution in [0.25, 0.3) is 0 Å². The van der Waals surface area contributed by atoms with Crippen LogP contribution < -0.4 is 5.32 Å². The highest BCUT2D eigenvalue weighted by atomic mass is 32.1. The Bertz CT molecular complexity index is 670. The van der Waals surface area contributed by atoms with Crippen molar-refractivity contribution in [3.05, 3.63) is 69.6 Å². The van der Waals surface area contributed by atoms with Crippen molar-refractivity contribution in [3.8, 4) is 0 Å². The number of thiophene rings is 1. The van der Waals surface area contributed by atoms with Crippen LogP contribution in [0, 0.1) is 0 Å². The normalized spacial score (nSPS) is 14.0. The van der Waals surface area contributed by atoms with Crippen molar-refractivity contribution in [2.75, 3.05) is 0 Å². The van der Waals surface area contributed by atoms with Crippen LogP contribution in [0.4, 0.5) is 0 Å². The molecule has 2 aromatic rings. The molecular weight excluding hydrogens is 258 g/mol. The van der Waals surface area contributed by atoms with Crippen molar-refractivity contribution >= 4 is 22.9 Å². The second-order valence-electron chi connectivity index (χ2n) is 4.25. The zero-order valence-electron chi connectivity index (χ0n) is 10.1. The highest BCUT2D eigenvalue weighted by Gasteiger charge is 2.26. The lowest BCUT2D eigenvalue weighted by atomic mass is 10.0. The second-order valence-corrected chi connectivity index (χ2v) is 5.17. The van der Waals surface area contributed by atoms with Gasteiger partial charge >= 0.3 is 0 Å². The molecule has 0 atom stereocenters. The zero-order valence-corrected chi connectivity index (χ0v) is 10.9. The zero-order chi connectivity index (χ0) is 13.2. The number of hydrogen-bond donors (Lipinski definition) is 1. The van der Waals surface area contributed by atoms with Crippen LogP contribution in [0.15, 0.2) is 53.6 Å². The monoisotopic (exact) mass is 269 g/mol. The highest BCUT2D eigenvalue weighted by molar-refractivity contribution is 7.12. The van der Waals surface area contributed by atoms with Gasteiger partial charge in [0.05, 0.1) is 10.6 Å². The summed E-state index contributed by atoms with van der Waals surface area (Å²) < 4.78 is 0. The van der Waals surface area contributed by atoms with Crippen molar-refractivity contribution < 1.29 is 9.59 Å². The third-order valence-electron chi connectivity index (χ3n) is 2.98. The van der Waals surface area contributed by atoms with E-state index < -0.39 is 0 Å². The van der Waals surface area contributed by atoms with Crippen LogP contribution in [0.5, 0.6) is 0 Å². The number of benzene rings is 1. The Morgan fingerprint density at radius 2 is 1.84 bits per heavy atom. The average Bonchev–Trinajstić information content (AvgIpc) is 2.92. The van der Waals surface area contributed by atoms with Gasteiger partial charge in [-0.15, -0.1) is 11.3 Å². The fraction of sp³-hybridized carbons (Fsp3) is 0.0667. The maximum absolute atomic E-state index is 12.2. The standard InChI is InChI=1S/C15H11NO2S/c17-13-8-12(14(18)15-11(13)6-7-19-15)16-9-10-4-2-1-3-5-10/h1-8,16H,9H2. The molecule has 0 unspecified atom stereocenters. The second kappa shape index (κ2) is 4.82. The molecule has 0 fully saturated rings. The van der Waals surface area contributed by atoms with Crippen LogP contribution in [0.3, 0.4) is 0 Å². The van der Waals surface area contributed by atoms with Crippen molar-refractivity contribution in [3.63, 3.8) is 0 Å². The van der Waals surface area contributed by atoms with Crippen LogP contribution in [0.2, 0.25) is 0 Å². The summed E-state index contributed by atoms with van der Waals surface area (Å²) in [5.74, 6) is -0.202. The number of fused-ring (bicyclic) bond motifs is 1. The maximum atomic E-state index is 12.2. The lowest BCUT2D eigenvalue weighted by molar-refractivity contribution is 0.0981. The topological polar surface area (TPSA) is 46.2 Å². The van der Waals surface area contributed by atoms with Gasteiger partial charge in [0.1, 0.15) is 0 Å². The molecule has 94 valence electrons. The van der Waals surface area contributed by atoms with Gasteiger partial charge in [-0.1, -0.05) is 30.3 Å². The first-order chi connectivity index (χ1) is 9.25. The number of ketones is 2. The van der Waals surface area contributed by atoms with E-state index in [0.29, 0.717) is 22.7 Å². The molecule has 0 radical (unpaired) electrons. The molecule has 1 heterocycles. The Morgan fingerprint density at radius 3 is 2.63 bits per heavy atom. The summed E-state index contributed by atoms with van der Waals surface area (Å²) in [5.41, 5.74) is 1.96. The molecular formula is C15H11NO2S. The minimum atomic E-state index is -0.105. The highest BCUT2D eigenvalue weighted by Crippen LogP contribution is 2.25. The summed E-state index contributed by atoms with van der Waals surface area (Å²) in [6.45, 7) is 0.534. The Hall–Kier alpha value is -2.20. The minimum Gasteiger partial charge on any atom is -0.378 e. The van der Waals surface area contributed by atoms with Crippen LogP contribution in [-0.2, 0) is 6.54 Å². The first kappa shape index (κ1) is 11.9. The number of nitrogens with one attached hydrogen (secondary N) is 1. The van der Waals surface area contributed by atoms with E-state index in [1.54, 1.807) is 11.4 Å². The van der Waals surface area contributed by atoms with E-state index in [1.807, 2.05) is 30.3 Å². The SMILES string of the molecule is O=C1C=C(NCc2ccccc2)C(=O)c2sccc21. The maximum Gasteiger partial charge on any atom is 0.219 e. The van der Waals surface area contributed by atoms with E-state index in [0.717, 1.165) is 5.56 Å². The Kier molecular flexibility index (Phi) is 3.01. The van der Waals surface area contributed by atoms with Gasteiger partial charge in [0, 0.05) is 18.2 Å². The number of hydrogen-bond acceptors (Lipinski definition) is 4. The van der Waals surface area contributed by atoms with Gasteiger partial charge < -0.3 is 5.32 Å². The van der Waals surface area contributed by atoms with Gasteiger partial charge in [0.15, 0.2) is 5.78 Å². The van der Waals surface area contributed by atoms with Crippen molar-refractivity contribution in [1.29, 1.82) is 0 Å². The molecule has 1 aliphatic rings. The number of Topliss-reactive ketones (excluding diaryl/α,β-unsaturated/α-hetero) is 1. The molecule has 3 rings (SSSR count). The molecule has 1 N–H and O–H groups in total. The van der Waals surface area contributed by atoms with Gasteiger partial charge in [-0.2, -0.15) is 0 Å². The molecule has 1 aliphatic carbocycles. The van der Waals surface area contributed by atoms with Crippen LogP contribution >= 0.6 is 11.3 Å². The summed E-state index contributed by atoms with van der Waals surface area (Å²) in [4.78, 5) is 24.6. The van der Waals surface area contributed by atoms with Crippen molar-refractivity contribution in [2.24, 2.45) is 0 Å². The minimum absolute atomic E-state index is 0.0967. The fourth-order valence-corrected chi connectivity index (χ4v) is 2.85. The molecule has 4 heteroatoms.